The van der Waals surface area contributed by atoms with Crippen LogP contribution in [0.3, 0.4) is 0 Å². The third kappa shape index (κ3) is 5.74. The summed E-state index contributed by atoms with van der Waals surface area (Å²) in [5.74, 6) is -0.856. The Morgan fingerprint density at radius 3 is 2.39 bits per heavy atom. The number of rotatable bonds is 8. The molecule has 6 nitrogen and oxygen atoms in total. The van der Waals surface area contributed by atoms with Crippen molar-refractivity contribution in [1.29, 1.82) is 0 Å². The van der Waals surface area contributed by atoms with Crippen molar-refractivity contribution in [2.75, 3.05) is 17.5 Å². The zero-order valence-electron chi connectivity index (χ0n) is 17.2. The maximum absolute atomic E-state index is 13.4. The van der Waals surface area contributed by atoms with Crippen LogP contribution in [0.5, 0.6) is 0 Å². The number of sulfonamides is 1. The number of hydrogen-bond acceptors (Lipinski definition) is 4. The van der Waals surface area contributed by atoms with Crippen LogP contribution in [0.25, 0.3) is 10.9 Å². The summed E-state index contributed by atoms with van der Waals surface area (Å²) >= 11 is 11.9. The number of carbonyl (C=O) groups is 1. The number of benzene rings is 2. The lowest BCUT2D eigenvalue weighted by Crippen LogP contribution is -2.36. The number of fused-ring (bicyclic) bond motifs is 1. The van der Waals surface area contributed by atoms with Gasteiger partial charge in [-0.3, -0.25) is 9.10 Å². The number of aromatic nitrogens is 1. The largest absolute Gasteiger partial charge is 0.464 e. The van der Waals surface area contributed by atoms with Gasteiger partial charge in [-0.15, -0.1) is 0 Å². The van der Waals surface area contributed by atoms with E-state index in [2.05, 4.69) is 4.98 Å². The van der Waals surface area contributed by atoms with Crippen molar-refractivity contribution in [3.05, 3.63) is 58.2 Å². The molecule has 1 aromatic heterocycles. The highest BCUT2D eigenvalue weighted by molar-refractivity contribution is 7.92. The van der Waals surface area contributed by atoms with E-state index in [1.165, 1.54) is 18.2 Å². The van der Waals surface area contributed by atoms with E-state index >= 15 is 0 Å². The maximum atomic E-state index is 13.4. The second kappa shape index (κ2) is 9.82. The smallest absolute Gasteiger partial charge is 0.418 e. The van der Waals surface area contributed by atoms with Crippen LogP contribution in [0.4, 0.5) is 18.9 Å². The summed E-state index contributed by atoms with van der Waals surface area (Å²) in [6.07, 6.45) is -2.55. The SMILES string of the molecule is CCCCOC(=O)CN(c1ccc2[nH]cc(C(F)(F)F)c2c1)S(=O)(=O)c1cc(Cl)cc(Cl)c1. The Morgan fingerprint density at radius 1 is 1.12 bits per heavy atom. The zero-order chi connectivity index (χ0) is 24.4. The fraction of sp³-hybridized carbons (Fsp3) is 0.286. The number of nitrogens with zero attached hydrogens (tertiary/aromatic N) is 1. The number of nitrogens with one attached hydrogen (secondary N) is 1. The summed E-state index contributed by atoms with van der Waals surface area (Å²) < 4.78 is 72.8. The molecule has 0 atom stereocenters. The monoisotopic (exact) mass is 522 g/mol. The van der Waals surface area contributed by atoms with Crippen molar-refractivity contribution < 1.29 is 31.1 Å². The summed E-state index contributed by atoms with van der Waals surface area (Å²) in [5, 5.41) is -0.178. The minimum Gasteiger partial charge on any atom is -0.464 e. The molecule has 0 bridgehead atoms. The van der Waals surface area contributed by atoms with Gasteiger partial charge in [-0.05, 0) is 42.8 Å². The molecule has 1 N–H and O–H groups in total. The van der Waals surface area contributed by atoms with Gasteiger partial charge in [0.05, 0.1) is 22.8 Å². The fourth-order valence-corrected chi connectivity index (χ4v) is 5.24. The number of ether oxygens (including phenoxy) is 1. The Hall–Kier alpha value is -2.43. The van der Waals surface area contributed by atoms with Gasteiger partial charge in [0, 0.05) is 27.1 Å². The Morgan fingerprint density at radius 2 is 1.79 bits per heavy atom. The van der Waals surface area contributed by atoms with E-state index in [1.807, 2.05) is 6.92 Å². The van der Waals surface area contributed by atoms with Gasteiger partial charge in [0.1, 0.15) is 6.54 Å². The predicted molar refractivity (Wildman–Crippen MR) is 120 cm³/mol. The number of unbranched alkanes of at least 4 members (excludes halogenated alkanes) is 1. The highest BCUT2D eigenvalue weighted by atomic mass is 35.5. The molecule has 0 saturated heterocycles. The number of esters is 1. The molecule has 0 aliphatic rings. The number of halogens is 5. The van der Waals surface area contributed by atoms with Gasteiger partial charge in [-0.25, -0.2) is 8.42 Å². The summed E-state index contributed by atoms with van der Waals surface area (Å²) in [6, 6.07) is 7.24. The average Bonchev–Trinajstić information content (AvgIpc) is 3.15. The average molecular weight is 523 g/mol. The molecule has 0 unspecified atom stereocenters. The first-order valence-electron chi connectivity index (χ1n) is 9.76. The molecule has 0 fully saturated rings. The van der Waals surface area contributed by atoms with Gasteiger partial charge >= 0.3 is 12.1 Å². The van der Waals surface area contributed by atoms with E-state index in [-0.39, 0.29) is 38.1 Å². The van der Waals surface area contributed by atoms with Crippen LogP contribution in [-0.4, -0.2) is 32.5 Å². The minimum absolute atomic E-state index is 0.0343. The second-order valence-corrected chi connectivity index (χ2v) is 9.86. The highest BCUT2D eigenvalue weighted by Gasteiger charge is 2.35. The molecule has 3 rings (SSSR count). The van der Waals surface area contributed by atoms with Crippen LogP contribution in [0.1, 0.15) is 25.3 Å². The number of hydrogen-bond donors (Lipinski definition) is 1. The van der Waals surface area contributed by atoms with E-state index in [9.17, 15) is 26.4 Å². The van der Waals surface area contributed by atoms with Crippen LogP contribution >= 0.6 is 23.2 Å². The molecule has 2 aromatic carbocycles. The molecule has 0 spiro atoms. The first-order valence-corrected chi connectivity index (χ1v) is 12.0. The van der Waals surface area contributed by atoms with Crippen molar-refractivity contribution >= 4 is 55.8 Å². The Balaban J connectivity index is 2.11. The highest BCUT2D eigenvalue weighted by Crippen LogP contribution is 2.37. The standard InChI is InChI=1S/C21H19Cl2F3N2O4S/c1-2-3-6-32-20(29)12-28(33(30,31)16-8-13(22)7-14(23)9-16)15-4-5-19-17(10-15)18(11-27-19)21(24,25)26/h4-5,7-11,27H,2-3,6,12H2,1H3. The van der Waals surface area contributed by atoms with Crippen LogP contribution in [-0.2, 0) is 25.7 Å². The first-order chi connectivity index (χ1) is 15.4. The van der Waals surface area contributed by atoms with Crippen LogP contribution in [0, 0.1) is 0 Å². The summed E-state index contributed by atoms with van der Waals surface area (Å²) in [6.45, 7) is 1.21. The number of aromatic amines is 1. The Kier molecular flexibility index (Phi) is 7.50. The number of anilines is 1. The third-order valence-corrected chi connectivity index (χ3v) is 6.90. The molecule has 12 heteroatoms. The van der Waals surface area contributed by atoms with E-state index in [0.717, 1.165) is 30.8 Å². The van der Waals surface area contributed by atoms with Gasteiger partial charge in [-0.1, -0.05) is 36.5 Å². The minimum atomic E-state index is -4.67. The molecule has 0 aliphatic carbocycles. The summed E-state index contributed by atoms with van der Waals surface area (Å²) in [4.78, 5) is 14.6. The molecule has 33 heavy (non-hydrogen) atoms. The summed E-state index contributed by atoms with van der Waals surface area (Å²) in [7, 11) is -4.45. The molecular formula is C21H19Cl2F3N2O4S. The molecule has 0 aliphatic heterocycles. The lowest BCUT2D eigenvalue weighted by Gasteiger charge is -2.24. The fourth-order valence-electron chi connectivity index (χ4n) is 3.11. The second-order valence-electron chi connectivity index (χ2n) is 7.12. The quantitative estimate of drug-likeness (QED) is 0.289. The van der Waals surface area contributed by atoms with Gasteiger partial charge < -0.3 is 9.72 Å². The summed E-state index contributed by atoms with van der Waals surface area (Å²) in [5.41, 5.74) is -0.969. The normalized spacial score (nSPS) is 12.2. The van der Waals surface area contributed by atoms with E-state index < -0.39 is 34.3 Å². The van der Waals surface area contributed by atoms with Gasteiger partial charge in [-0.2, -0.15) is 13.2 Å². The molecule has 178 valence electrons. The van der Waals surface area contributed by atoms with Gasteiger partial charge in [0.15, 0.2) is 0 Å². The van der Waals surface area contributed by atoms with Crippen molar-refractivity contribution in [3.8, 4) is 0 Å². The van der Waals surface area contributed by atoms with Gasteiger partial charge in [0.2, 0.25) is 0 Å². The van der Waals surface area contributed by atoms with Crippen molar-refractivity contribution in [1.82, 2.24) is 4.98 Å². The molecular weight excluding hydrogens is 504 g/mol. The third-order valence-electron chi connectivity index (χ3n) is 4.72. The van der Waals surface area contributed by atoms with Crippen LogP contribution in [0.15, 0.2) is 47.5 Å². The predicted octanol–water partition coefficient (Wildman–Crippen LogP) is 6.03. The Labute approximate surface area is 198 Å². The number of H-pyrrole nitrogens is 1. The van der Waals surface area contributed by atoms with Crippen LogP contribution in [0.2, 0.25) is 10.0 Å². The van der Waals surface area contributed by atoms with Gasteiger partial charge in [0.25, 0.3) is 10.0 Å². The zero-order valence-corrected chi connectivity index (χ0v) is 19.6. The number of carbonyl (C=O) groups excluding carboxylic acids is 1. The van der Waals surface area contributed by atoms with E-state index in [1.54, 1.807) is 0 Å². The molecule has 0 amide bonds. The molecule has 0 saturated carbocycles. The van der Waals surface area contributed by atoms with Crippen molar-refractivity contribution in [2.24, 2.45) is 0 Å². The molecule has 3 aromatic rings. The van der Waals surface area contributed by atoms with E-state index in [0.29, 0.717) is 10.7 Å². The number of alkyl halides is 3. The lowest BCUT2D eigenvalue weighted by atomic mass is 10.1. The Bertz CT molecular complexity index is 1260. The topological polar surface area (TPSA) is 79.5 Å². The van der Waals surface area contributed by atoms with Crippen molar-refractivity contribution in [3.63, 3.8) is 0 Å². The van der Waals surface area contributed by atoms with Crippen LogP contribution < -0.4 is 4.31 Å². The first kappa shape index (κ1) is 25.2. The molecule has 0 radical (unpaired) electrons. The maximum Gasteiger partial charge on any atom is 0.418 e. The van der Waals surface area contributed by atoms with Crippen molar-refractivity contribution in [2.45, 2.75) is 30.8 Å². The molecule has 1 heterocycles. The lowest BCUT2D eigenvalue weighted by molar-refractivity contribution is -0.142. The van der Waals surface area contributed by atoms with E-state index in [4.69, 9.17) is 27.9 Å².